The molecule has 1 heterocycles. The smallest absolute Gasteiger partial charge is 0.329 e. The van der Waals surface area contributed by atoms with Crippen LogP contribution in [0.25, 0.3) is 0 Å². The summed E-state index contributed by atoms with van der Waals surface area (Å²) in [6.45, 7) is 5.15. The number of carbonyl (C=O) groups excluding carboxylic acids is 3. The highest BCUT2D eigenvalue weighted by atomic mass is 35.5. The van der Waals surface area contributed by atoms with E-state index in [1.165, 1.54) is 0 Å². The zero-order valence-electron chi connectivity index (χ0n) is 17.2. The average molecular weight is 429 g/mol. The number of fused-ring (bicyclic) bond motifs is 1. The number of nitrogens with one attached hydrogen (secondary N) is 1. The van der Waals surface area contributed by atoms with Crippen molar-refractivity contribution in [3.05, 3.63) is 64.7 Å². The molecule has 30 heavy (non-hydrogen) atoms. The van der Waals surface area contributed by atoms with Crippen LogP contribution in [-0.2, 0) is 20.7 Å². The van der Waals surface area contributed by atoms with Crippen molar-refractivity contribution < 1.29 is 19.1 Å². The second-order valence-electron chi connectivity index (χ2n) is 7.73. The van der Waals surface area contributed by atoms with Gasteiger partial charge in [0.15, 0.2) is 6.61 Å². The molecule has 2 aromatic rings. The molecule has 0 aliphatic carbocycles. The predicted octanol–water partition coefficient (Wildman–Crippen LogP) is 3.62. The van der Waals surface area contributed by atoms with E-state index in [9.17, 15) is 14.4 Å². The van der Waals surface area contributed by atoms with E-state index in [0.717, 1.165) is 17.7 Å². The minimum atomic E-state index is -0.898. The fourth-order valence-electron chi connectivity index (χ4n) is 3.60. The van der Waals surface area contributed by atoms with Gasteiger partial charge in [-0.3, -0.25) is 9.59 Å². The van der Waals surface area contributed by atoms with Crippen LogP contribution in [0.15, 0.2) is 48.5 Å². The molecule has 0 aromatic heterocycles. The Hall–Kier alpha value is -2.86. The summed E-state index contributed by atoms with van der Waals surface area (Å²) < 4.78 is 5.29. The van der Waals surface area contributed by atoms with Crippen molar-refractivity contribution in [3.8, 4) is 0 Å². The van der Waals surface area contributed by atoms with Gasteiger partial charge in [-0.15, -0.1) is 0 Å². The van der Waals surface area contributed by atoms with Gasteiger partial charge in [0.1, 0.15) is 6.04 Å². The number of anilines is 1. The first-order valence-electron chi connectivity index (χ1n) is 9.91. The van der Waals surface area contributed by atoms with Crippen molar-refractivity contribution >= 4 is 35.1 Å². The number of nitrogens with zero attached hydrogens (tertiary/aromatic N) is 1. The van der Waals surface area contributed by atoms with Crippen molar-refractivity contribution in [1.29, 1.82) is 0 Å². The molecule has 0 bridgehead atoms. The van der Waals surface area contributed by atoms with Crippen LogP contribution < -0.4 is 10.2 Å². The molecule has 1 aliphatic heterocycles. The molecule has 1 N–H and O–H groups in total. The van der Waals surface area contributed by atoms with E-state index < -0.39 is 17.9 Å². The fraction of sp³-hybridized carbons (Fsp3) is 0.348. The second-order valence-corrected chi connectivity index (χ2v) is 8.14. The first-order valence-corrected chi connectivity index (χ1v) is 10.3. The number of ether oxygens (including phenoxy) is 1. The van der Waals surface area contributed by atoms with E-state index in [0.29, 0.717) is 5.02 Å². The van der Waals surface area contributed by atoms with Crippen LogP contribution in [0.1, 0.15) is 36.7 Å². The normalized spacial score (nSPS) is 16.2. The molecular formula is C23H25ClN2O4. The third-order valence-corrected chi connectivity index (χ3v) is 5.47. The van der Waals surface area contributed by atoms with Crippen LogP contribution >= 0.6 is 11.6 Å². The van der Waals surface area contributed by atoms with Gasteiger partial charge in [-0.05, 0) is 43.0 Å². The van der Waals surface area contributed by atoms with Crippen LogP contribution in [0, 0.1) is 5.92 Å². The van der Waals surface area contributed by atoms with Gasteiger partial charge < -0.3 is 15.0 Å². The minimum absolute atomic E-state index is 0.00516. The number of carbonyl (C=O) groups is 3. The van der Waals surface area contributed by atoms with Gasteiger partial charge in [-0.25, -0.2) is 4.79 Å². The lowest BCUT2D eigenvalue weighted by atomic mass is 10.0. The molecule has 0 saturated carbocycles. The second kappa shape index (κ2) is 9.30. The maximum atomic E-state index is 12.7. The molecule has 2 amide bonds. The summed E-state index contributed by atoms with van der Waals surface area (Å²) in [5.41, 5.74) is 2.21. The van der Waals surface area contributed by atoms with Crippen molar-refractivity contribution in [2.45, 2.75) is 39.3 Å². The Morgan fingerprint density at radius 1 is 1.13 bits per heavy atom. The van der Waals surface area contributed by atoms with Gasteiger partial charge in [0.05, 0.1) is 10.6 Å². The number of halogens is 1. The summed E-state index contributed by atoms with van der Waals surface area (Å²) in [6.07, 6.45) is 0.762. The Bertz CT molecular complexity index is 960. The number of rotatable bonds is 6. The summed E-state index contributed by atoms with van der Waals surface area (Å²) in [5.74, 6) is -1.64. The van der Waals surface area contributed by atoms with Crippen LogP contribution in [0.5, 0.6) is 0 Å². The van der Waals surface area contributed by atoms with Crippen LogP contribution in [-0.4, -0.2) is 36.5 Å². The van der Waals surface area contributed by atoms with Gasteiger partial charge >= 0.3 is 5.97 Å². The molecule has 3 rings (SSSR count). The lowest BCUT2D eigenvalue weighted by molar-refractivity contribution is -0.150. The average Bonchev–Trinajstić information content (AvgIpc) is 3.05. The highest BCUT2D eigenvalue weighted by molar-refractivity contribution is 6.33. The number of esters is 1. The largest absolute Gasteiger partial charge is 0.454 e. The molecule has 6 nitrogen and oxygen atoms in total. The molecular weight excluding hydrogens is 404 g/mol. The Balaban J connectivity index is 1.64. The van der Waals surface area contributed by atoms with E-state index in [1.54, 1.807) is 43.0 Å². The van der Waals surface area contributed by atoms with Crippen molar-refractivity contribution in [1.82, 2.24) is 5.32 Å². The van der Waals surface area contributed by atoms with Gasteiger partial charge in [-0.2, -0.15) is 0 Å². The van der Waals surface area contributed by atoms with Gasteiger partial charge in [-0.1, -0.05) is 55.8 Å². The quantitative estimate of drug-likeness (QED) is 0.713. The summed E-state index contributed by atoms with van der Waals surface area (Å²) in [7, 11) is 0. The Morgan fingerprint density at radius 2 is 1.80 bits per heavy atom. The minimum Gasteiger partial charge on any atom is -0.454 e. The Kier molecular flexibility index (Phi) is 6.77. The summed E-state index contributed by atoms with van der Waals surface area (Å²) in [6, 6.07) is 13.4. The van der Waals surface area contributed by atoms with E-state index in [4.69, 9.17) is 16.3 Å². The maximum Gasteiger partial charge on any atom is 0.329 e. The molecule has 158 valence electrons. The predicted molar refractivity (Wildman–Crippen MR) is 116 cm³/mol. The van der Waals surface area contributed by atoms with Crippen LogP contribution in [0.3, 0.4) is 0 Å². The third-order valence-electron chi connectivity index (χ3n) is 5.14. The molecule has 2 atom stereocenters. The van der Waals surface area contributed by atoms with Crippen molar-refractivity contribution in [2.75, 3.05) is 11.5 Å². The lowest BCUT2D eigenvalue weighted by Crippen LogP contribution is -2.47. The van der Waals surface area contributed by atoms with Gasteiger partial charge in [0.2, 0.25) is 0 Å². The first-order chi connectivity index (χ1) is 14.3. The van der Waals surface area contributed by atoms with Crippen LogP contribution in [0.2, 0.25) is 5.02 Å². The molecule has 2 aromatic carbocycles. The van der Waals surface area contributed by atoms with Crippen molar-refractivity contribution in [2.24, 2.45) is 5.92 Å². The number of hydrogen-bond donors (Lipinski definition) is 1. The third kappa shape index (κ3) is 4.65. The topological polar surface area (TPSA) is 75.7 Å². The van der Waals surface area contributed by atoms with Gasteiger partial charge in [0, 0.05) is 11.7 Å². The number of hydrogen-bond acceptors (Lipinski definition) is 4. The molecule has 0 fully saturated rings. The molecule has 0 radical (unpaired) electrons. The summed E-state index contributed by atoms with van der Waals surface area (Å²) in [5, 5.41) is 2.96. The summed E-state index contributed by atoms with van der Waals surface area (Å²) >= 11 is 6.06. The van der Waals surface area contributed by atoms with Gasteiger partial charge in [0.25, 0.3) is 11.8 Å². The fourth-order valence-corrected chi connectivity index (χ4v) is 3.82. The van der Waals surface area contributed by atoms with Crippen molar-refractivity contribution in [3.63, 3.8) is 0 Å². The Labute approximate surface area is 181 Å². The van der Waals surface area contributed by atoms with E-state index in [1.807, 2.05) is 31.2 Å². The molecule has 2 unspecified atom stereocenters. The number of benzene rings is 2. The Morgan fingerprint density at radius 3 is 2.50 bits per heavy atom. The SMILES string of the molecule is CC(C)C(NC(=O)c1ccccc1Cl)C(=O)OCC(=O)N1c2ccccc2CC1C. The lowest BCUT2D eigenvalue weighted by Gasteiger charge is -2.24. The molecule has 0 spiro atoms. The monoisotopic (exact) mass is 428 g/mol. The maximum absolute atomic E-state index is 12.7. The molecule has 1 aliphatic rings. The zero-order chi connectivity index (χ0) is 21.8. The molecule has 7 heteroatoms. The van der Waals surface area contributed by atoms with E-state index in [2.05, 4.69) is 5.32 Å². The van der Waals surface area contributed by atoms with Crippen LogP contribution in [0.4, 0.5) is 5.69 Å². The highest BCUT2D eigenvalue weighted by Crippen LogP contribution is 2.31. The standard InChI is InChI=1S/C23H25ClN2O4/c1-14(2)21(25-22(28)17-9-5-6-10-18(17)24)23(29)30-13-20(27)26-15(3)12-16-8-4-7-11-19(16)26/h4-11,14-15,21H,12-13H2,1-3H3,(H,25,28). The number of para-hydroxylation sites is 1. The molecule has 0 saturated heterocycles. The number of amides is 2. The zero-order valence-corrected chi connectivity index (χ0v) is 18.0. The first kappa shape index (κ1) is 21.8. The van der Waals surface area contributed by atoms with E-state index >= 15 is 0 Å². The highest BCUT2D eigenvalue weighted by Gasteiger charge is 2.32. The summed E-state index contributed by atoms with van der Waals surface area (Å²) in [4.78, 5) is 39.6. The van der Waals surface area contributed by atoms with E-state index in [-0.39, 0.29) is 30.0 Å².